The van der Waals surface area contributed by atoms with Gasteiger partial charge in [-0.15, -0.1) is 11.3 Å². The Balaban J connectivity index is 1.93. The van der Waals surface area contributed by atoms with Gasteiger partial charge in [0.2, 0.25) is 0 Å². The van der Waals surface area contributed by atoms with Crippen molar-refractivity contribution >= 4 is 11.3 Å². The van der Waals surface area contributed by atoms with Crippen molar-refractivity contribution in [2.45, 2.75) is 5.92 Å². The van der Waals surface area contributed by atoms with Crippen LogP contribution in [0, 0.1) is 0 Å². The van der Waals surface area contributed by atoms with E-state index in [1.807, 2.05) is 11.3 Å². The molecule has 1 unspecified atom stereocenters. The molecule has 0 aliphatic carbocycles. The highest BCUT2D eigenvalue weighted by Gasteiger charge is 2.22. The maximum Gasteiger partial charge on any atom is 0.0592 e. The number of aryl methyl sites for hydroxylation is 1. The Morgan fingerprint density at radius 2 is 1.58 bits per heavy atom. The van der Waals surface area contributed by atoms with E-state index in [-0.39, 0.29) is 5.92 Å². The van der Waals surface area contributed by atoms with Crippen LogP contribution in [0.2, 0.25) is 0 Å². The highest BCUT2D eigenvalue weighted by atomic mass is 32.1. The topological polar surface area (TPSA) is 4.93 Å². The maximum absolute atomic E-state index is 2.26. The molecule has 0 bridgehead atoms. The third-order valence-corrected chi connectivity index (χ3v) is 5.40. The van der Waals surface area contributed by atoms with Gasteiger partial charge in [-0.05, 0) is 40.3 Å². The molecule has 2 aromatic heterocycles. The van der Waals surface area contributed by atoms with Crippen molar-refractivity contribution in [3.05, 3.63) is 107 Å². The Bertz CT molecular complexity index is 920. The van der Waals surface area contributed by atoms with Crippen LogP contribution in [0.1, 0.15) is 22.1 Å². The first kappa shape index (κ1) is 15.0. The largest absolute Gasteiger partial charge is 0.354 e. The molecule has 2 heteroatoms. The van der Waals surface area contributed by atoms with Crippen LogP contribution >= 0.6 is 11.3 Å². The van der Waals surface area contributed by atoms with Crippen LogP contribution in [0.25, 0.3) is 11.1 Å². The van der Waals surface area contributed by atoms with E-state index in [1.54, 1.807) is 0 Å². The van der Waals surface area contributed by atoms with Crippen molar-refractivity contribution in [2.75, 3.05) is 0 Å². The van der Waals surface area contributed by atoms with Crippen LogP contribution in [0.15, 0.2) is 90.4 Å². The normalized spacial score (nSPS) is 12.2. The first-order valence-electron chi connectivity index (χ1n) is 8.13. The molecule has 0 N–H and O–H groups in total. The molecule has 1 atom stereocenters. The smallest absolute Gasteiger partial charge is 0.0592 e. The van der Waals surface area contributed by atoms with E-state index in [0.29, 0.717) is 0 Å². The van der Waals surface area contributed by atoms with Gasteiger partial charge in [0.25, 0.3) is 0 Å². The second-order valence-electron chi connectivity index (χ2n) is 5.95. The van der Waals surface area contributed by atoms with Gasteiger partial charge in [0.05, 0.1) is 5.92 Å². The molecule has 0 amide bonds. The zero-order valence-electron chi connectivity index (χ0n) is 13.6. The molecular formula is C22H19NS. The summed E-state index contributed by atoms with van der Waals surface area (Å²) >= 11 is 1.82. The van der Waals surface area contributed by atoms with Crippen molar-refractivity contribution in [3.8, 4) is 11.1 Å². The lowest BCUT2D eigenvalue weighted by Gasteiger charge is -2.21. The summed E-state index contributed by atoms with van der Waals surface area (Å²) in [4.78, 5) is 1.38. The summed E-state index contributed by atoms with van der Waals surface area (Å²) < 4.78 is 2.23. The number of hydrogen-bond donors (Lipinski definition) is 0. The SMILES string of the molecule is Cn1cccc1C(c1cccs1)c1ccccc1-c1ccccc1. The number of rotatable bonds is 4. The van der Waals surface area contributed by atoms with Gasteiger partial charge in [-0.25, -0.2) is 0 Å². The molecular weight excluding hydrogens is 310 g/mol. The van der Waals surface area contributed by atoms with Crippen LogP contribution in [0.4, 0.5) is 0 Å². The molecule has 0 fully saturated rings. The van der Waals surface area contributed by atoms with Crippen LogP contribution in [-0.2, 0) is 7.05 Å². The molecule has 24 heavy (non-hydrogen) atoms. The highest BCUT2D eigenvalue weighted by molar-refractivity contribution is 7.10. The quantitative estimate of drug-likeness (QED) is 0.437. The first-order valence-corrected chi connectivity index (χ1v) is 9.01. The molecule has 0 saturated carbocycles. The lowest BCUT2D eigenvalue weighted by molar-refractivity contribution is 0.803. The number of hydrogen-bond acceptors (Lipinski definition) is 1. The van der Waals surface area contributed by atoms with Crippen molar-refractivity contribution < 1.29 is 0 Å². The highest BCUT2D eigenvalue weighted by Crippen LogP contribution is 2.39. The minimum atomic E-state index is 0.251. The van der Waals surface area contributed by atoms with Gasteiger partial charge in [0.1, 0.15) is 0 Å². The third kappa shape index (κ3) is 2.70. The van der Waals surface area contributed by atoms with E-state index in [2.05, 4.69) is 102 Å². The Kier molecular flexibility index (Phi) is 4.06. The fraction of sp³-hybridized carbons (Fsp3) is 0.0909. The molecule has 1 nitrogen and oxygen atoms in total. The Labute approximate surface area is 146 Å². The molecule has 0 aliphatic rings. The molecule has 118 valence electrons. The van der Waals surface area contributed by atoms with Gasteiger partial charge in [-0.2, -0.15) is 0 Å². The van der Waals surface area contributed by atoms with E-state index >= 15 is 0 Å². The minimum Gasteiger partial charge on any atom is -0.354 e. The van der Waals surface area contributed by atoms with Gasteiger partial charge in [0.15, 0.2) is 0 Å². The predicted molar refractivity (Wildman–Crippen MR) is 103 cm³/mol. The third-order valence-electron chi connectivity index (χ3n) is 4.46. The summed E-state index contributed by atoms with van der Waals surface area (Å²) in [5.74, 6) is 0.251. The van der Waals surface area contributed by atoms with Gasteiger partial charge in [-0.3, -0.25) is 0 Å². The molecule has 2 heterocycles. The van der Waals surface area contributed by atoms with Crippen molar-refractivity contribution in [2.24, 2.45) is 7.05 Å². The fourth-order valence-electron chi connectivity index (χ4n) is 3.32. The number of thiophene rings is 1. The minimum absolute atomic E-state index is 0.251. The summed E-state index contributed by atoms with van der Waals surface area (Å²) in [6, 6.07) is 28.2. The molecule has 0 saturated heterocycles. The summed E-state index contributed by atoms with van der Waals surface area (Å²) in [7, 11) is 2.13. The molecule has 0 radical (unpaired) electrons. The van der Waals surface area contributed by atoms with Gasteiger partial charge in [0, 0.05) is 23.8 Å². The van der Waals surface area contributed by atoms with Gasteiger partial charge in [-0.1, -0.05) is 60.7 Å². The second kappa shape index (κ2) is 6.50. The van der Waals surface area contributed by atoms with E-state index in [9.17, 15) is 0 Å². The van der Waals surface area contributed by atoms with Gasteiger partial charge < -0.3 is 4.57 Å². The molecule has 4 rings (SSSR count). The Morgan fingerprint density at radius 1 is 0.792 bits per heavy atom. The van der Waals surface area contributed by atoms with Crippen LogP contribution in [-0.4, -0.2) is 4.57 Å². The average molecular weight is 329 g/mol. The first-order chi connectivity index (χ1) is 11.8. The monoisotopic (exact) mass is 329 g/mol. The average Bonchev–Trinajstić information content (AvgIpc) is 3.30. The summed E-state index contributed by atoms with van der Waals surface area (Å²) in [6.07, 6.45) is 2.13. The summed E-state index contributed by atoms with van der Waals surface area (Å²) in [6.45, 7) is 0. The van der Waals surface area contributed by atoms with Crippen LogP contribution < -0.4 is 0 Å². The predicted octanol–water partition coefficient (Wildman–Crippen LogP) is 5.93. The Morgan fingerprint density at radius 3 is 2.29 bits per heavy atom. The lowest BCUT2D eigenvalue weighted by atomic mass is 9.87. The molecule has 0 aliphatic heterocycles. The lowest BCUT2D eigenvalue weighted by Crippen LogP contribution is -2.08. The fourth-order valence-corrected chi connectivity index (χ4v) is 4.17. The number of aromatic nitrogens is 1. The molecule has 0 spiro atoms. The molecule has 2 aromatic carbocycles. The van der Waals surface area contributed by atoms with E-state index in [0.717, 1.165) is 0 Å². The maximum atomic E-state index is 2.26. The molecule has 4 aromatic rings. The van der Waals surface area contributed by atoms with E-state index < -0.39 is 0 Å². The van der Waals surface area contributed by atoms with E-state index in [4.69, 9.17) is 0 Å². The van der Waals surface area contributed by atoms with Crippen molar-refractivity contribution in [3.63, 3.8) is 0 Å². The Hall–Kier alpha value is -2.58. The van der Waals surface area contributed by atoms with Crippen LogP contribution in [0.5, 0.6) is 0 Å². The zero-order valence-corrected chi connectivity index (χ0v) is 14.4. The summed E-state index contributed by atoms with van der Waals surface area (Å²) in [5, 5.41) is 2.16. The summed E-state index contributed by atoms with van der Waals surface area (Å²) in [5.41, 5.74) is 5.25. The van der Waals surface area contributed by atoms with Crippen molar-refractivity contribution in [1.82, 2.24) is 4.57 Å². The van der Waals surface area contributed by atoms with Crippen molar-refractivity contribution in [1.29, 1.82) is 0 Å². The zero-order chi connectivity index (χ0) is 16.4. The van der Waals surface area contributed by atoms with Gasteiger partial charge >= 0.3 is 0 Å². The van der Waals surface area contributed by atoms with Crippen LogP contribution in [0.3, 0.4) is 0 Å². The van der Waals surface area contributed by atoms with E-state index in [1.165, 1.54) is 27.3 Å². The number of nitrogens with zero attached hydrogens (tertiary/aromatic N) is 1. The standard InChI is InChI=1S/C22H19NS/c1-23-15-7-13-20(23)22(21-14-8-16-24-21)19-12-6-5-11-18(19)17-9-3-2-4-10-17/h2-16,22H,1H3. The number of benzene rings is 2. The second-order valence-corrected chi connectivity index (χ2v) is 6.92.